The van der Waals surface area contributed by atoms with Gasteiger partial charge < -0.3 is 10.2 Å². The van der Waals surface area contributed by atoms with Crippen LogP contribution < -0.4 is 16.6 Å². The Kier molecular flexibility index (Phi) is 7.50. The summed E-state index contributed by atoms with van der Waals surface area (Å²) >= 11 is 0.862. The predicted molar refractivity (Wildman–Crippen MR) is 127 cm³/mol. The van der Waals surface area contributed by atoms with Gasteiger partial charge in [0, 0.05) is 19.6 Å². The number of thiophene rings is 1. The van der Waals surface area contributed by atoms with Gasteiger partial charge in [0.1, 0.15) is 4.83 Å². The highest BCUT2D eigenvalue weighted by atomic mass is 32.1. The van der Waals surface area contributed by atoms with Crippen LogP contribution >= 0.6 is 11.3 Å². The van der Waals surface area contributed by atoms with E-state index in [2.05, 4.69) is 10.1 Å². The molecule has 0 atom stereocenters. The van der Waals surface area contributed by atoms with Gasteiger partial charge in [0.25, 0.3) is 11.5 Å². The number of allylic oxidation sites excluding steroid dienone is 4. The number of halogens is 3. The van der Waals surface area contributed by atoms with Crippen molar-refractivity contribution in [3.05, 3.63) is 55.1 Å². The summed E-state index contributed by atoms with van der Waals surface area (Å²) in [5.41, 5.74) is -0.0864. The Morgan fingerprint density at radius 2 is 1.94 bits per heavy atom. The molecule has 9 nitrogen and oxygen atoms in total. The molecule has 194 valence electrons. The van der Waals surface area contributed by atoms with E-state index in [9.17, 15) is 32.3 Å². The average molecular weight is 527 g/mol. The van der Waals surface area contributed by atoms with Crippen LogP contribution in [0, 0.1) is 6.92 Å². The third-order valence-corrected chi connectivity index (χ3v) is 7.39. The molecule has 3 heterocycles. The molecule has 0 radical (unpaired) electrons. The average Bonchev–Trinajstić information content (AvgIpc) is 3.17. The molecule has 0 saturated carbocycles. The molecule has 1 N–H and O–H groups in total. The van der Waals surface area contributed by atoms with Crippen LogP contribution in [0.4, 0.5) is 13.2 Å². The number of rotatable bonds is 7. The van der Waals surface area contributed by atoms with Crippen molar-refractivity contribution in [3.63, 3.8) is 0 Å². The minimum Gasteiger partial charge on any atom is -0.353 e. The van der Waals surface area contributed by atoms with E-state index in [1.165, 1.54) is 4.90 Å². The molecule has 0 aromatic carbocycles. The summed E-state index contributed by atoms with van der Waals surface area (Å²) in [6.45, 7) is 0.715. The van der Waals surface area contributed by atoms with Crippen molar-refractivity contribution in [2.75, 3.05) is 26.2 Å². The molecule has 0 spiro atoms. The number of carbonyl (C=O) groups excluding carboxylic acids is 2. The maximum atomic E-state index is 13.4. The number of hydrogen-bond donors (Lipinski definition) is 1. The van der Waals surface area contributed by atoms with Gasteiger partial charge in [-0.05, 0) is 31.7 Å². The molecule has 1 aliphatic carbocycles. The van der Waals surface area contributed by atoms with Gasteiger partial charge in [-0.15, -0.1) is 24.5 Å². The minimum atomic E-state index is -4.88. The SMILES string of the molecule is Cc1c(C(=O)N2CCNC(=O)C2)sc2c1c(=O)n(CCC1=CCCC=C1)c(=O)n2CCOC(F)(F)F. The summed E-state index contributed by atoms with van der Waals surface area (Å²) in [6.07, 6.45) is 3.21. The standard InChI is InChI=1S/C23H25F3N4O5S/c1-14-17-19(32)29(9-7-15-5-3-2-4-6-15)22(34)30(11-12-35-23(24,25)26)21(17)36-18(14)20(33)28-10-8-27-16(31)13-28/h3,5-6H,2,4,7-13H2,1H3,(H,27,31). The molecule has 0 bridgehead atoms. The van der Waals surface area contributed by atoms with Crippen molar-refractivity contribution >= 4 is 33.4 Å². The lowest BCUT2D eigenvalue weighted by Gasteiger charge is -2.26. The number of piperazine rings is 1. The first-order chi connectivity index (χ1) is 17.1. The minimum absolute atomic E-state index is 0.0365. The molecule has 1 saturated heterocycles. The first kappa shape index (κ1) is 25.9. The van der Waals surface area contributed by atoms with Crippen LogP contribution in [-0.4, -0.2) is 58.5 Å². The molecule has 2 aromatic rings. The molecule has 0 unspecified atom stereocenters. The number of aromatic nitrogens is 2. The predicted octanol–water partition coefficient (Wildman–Crippen LogP) is 2.31. The molecule has 36 heavy (non-hydrogen) atoms. The van der Waals surface area contributed by atoms with E-state index in [1.54, 1.807) is 6.92 Å². The first-order valence-electron chi connectivity index (χ1n) is 11.5. The zero-order valence-corrected chi connectivity index (χ0v) is 20.3. The van der Waals surface area contributed by atoms with Crippen molar-refractivity contribution in [3.8, 4) is 0 Å². The van der Waals surface area contributed by atoms with E-state index < -0.39 is 36.7 Å². The Bertz CT molecular complexity index is 1370. The second-order valence-corrected chi connectivity index (χ2v) is 9.51. The molecular weight excluding hydrogens is 501 g/mol. The normalized spacial score (nSPS) is 16.4. The molecule has 1 fully saturated rings. The van der Waals surface area contributed by atoms with Gasteiger partial charge in [-0.2, -0.15) is 0 Å². The van der Waals surface area contributed by atoms with E-state index >= 15 is 0 Å². The monoisotopic (exact) mass is 526 g/mol. The number of fused-ring (bicyclic) bond motifs is 1. The van der Waals surface area contributed by atoms with Gasteiger partial charge in [-0.25, -0.2) is 4.79 Å². The fourth-order valence-corrected chi connectivity index (χ4v) is 5.58. The van der Waals surface area contributed by atoms with Crippen molar-refractivity contribution < 1.29 is 27.5 Å². The van der Waals surface area contributed by atoms with Gasteiger partial charge in [0.15, 0.2) is 0 Å². The summed E-state index contributed by atoms with van der Waals surface area (Å²) in [4.78, 5) is 53.2. The topological polar surface area (TPSA) is 103 Å². The molecule has 2 aliphatic rings. The third-order valence-electron chi connectivity index (χ3n) is 6.09. The van der Waals surface area contributed by atoms with Gasteiger partial charge in [-0.1, -0.05) is 23.8 Å². The summed E-state index contributed by atoms with van der Waals surface area (Å²) < 4.78 is 43.7. The summed E-state index contributed by atoms with van der Waals surface area (Å²) in [5, 5.41) is 2.73. The number of aryl methyl sites for hydroxylation is 1. The van der Waals surface area contributed by atoms with Crippen molar-refractivity contribution in [2.45, 2.75) is 45.6 Å². The number of hydrogen-bond acceptors (Lipinski definition) is 6. The van der Waals surface area contributed by atoms with Crippen LogP contribution in [0.1, 0.15) is 34.5 Å². The second kappa shape index (κ2) is 10.4. The molecule has 2 aromatic heterocycles. The Morgan fingerprint density at radius 1 is 1.17 bits per heavy atom. The van der Waals surface area contributed by atoms with E-state index in [0.29, 0.717) is 12.0 Å². The second-order valence-electron chi connectivity index (χ2n) is 8.51. The van der Waals surface area contributed by atoms with Gasteiger partial charge in [0.2, 0.25) is 5.91 Å². The van der Waals surface area contributed by atoms with Gasteiger partial charge in [0.05, 0.1) is 30.0 Å². The number of nitrogens with one attached hydrogen (secondary N) is 1. The Morgan fingerprint density at radius 3 is 2.61 bits per heavy atom. The molecule has 2 amide bonds. The smallest absolute Gasteiger partial charge is 0.353 e. The highest BCUT2D eigenvalue weighted by molar-refractivity contribution is 7.20. The zero-order chi connectivity index (χ0) is 26.0. The van der Waals surface area contributed by atoms with E-state index in [1.807, 2.05) is 18.2 Å². The highest BCUT2D eigenvalue weighted by Gasteiger charge is 2.30. The zero-order valence-electron chi connectivity index (χ0n) is 19.5. The van der Waals surface area contributed by atoms with E-state index in [4.69, 9.17) is 0 Å². The lowest BCUT2D eigenvalue weighted by molar-refractivity contribution is -0.325. The highest BCUT2D eigenvalue weighted by Crippen LogP contribution is 2.29. The third kappa shape index (κ3) is 5.46. The quantitative estimate of drug-likeness (QED) is 0.597. The summed E-state index contributed by atoms with van der Waals surface area (Å²) in [5.74, 6) is -0.791. The lowest BCUT2D eigenvalue weighted by atomic mass is 10.0. The Hall–Kier alpha value is -3.19. The Balaban J connectivity index is 1.77. The summed E-state index contributed by atoms with van der Waals surface area (Å²) in [7, 11) is 0. The molecule has 1 aliphatic heterocycles. The largest absolute Gasteiger partial charge is 0.522 e. The maximum Gasteiger partial charge on any atom is 0.522 e. The van der Waals surface area contributed by atoms with E-state index in [-0.39, 0.29) is 47.2 Å². The lowest BCUT2D eigenvalue weighted by Crippen LogP contribution is -2.49. The van der Waals surface area contributed by atoms with Crippen molar-refractivity contribution in [2.24, 2.45) is 0 Å². The molecule has 4 rings (SSSR count). The van der Waals surface area contributed by atoms with Crippen LogP contribution in [0.25, 0.3) is 10.2 Å². The summed E-state index contributed by atoms with van der Waals surface area (Å²) in [6, 6.07) is 0. The molecular formula is C23H25F3N4O5S. The van der Waals surface area contributed by atoms with Crippen LogP contribution in [0.2, 0.25) is 0 Å². The number of nitrogens with zero attached hydrogens (tertiary/aromatic N) is 3. The maximum absolute atomic E-state index is 13.4. The van der Waals surface area contributed by atoms with Gasteiger partial charge >= 0.3 is 12.1 Å². The van der Waals surface area contributed by atoms with Crippen molar-refractivity contribution in [1.82, 2.24) is 19.4 Å². The number of alkyl halides is 3. The Labute approximate surface area is 207 Å². The van der Waals surface area contributed by atoms with Crippen LogP contribution in [0.3, 0.4) is 0 Å². The first-order valence-corrected chi connectivity index (χ1v) is 12.3. The van der Waals surface area contributed by atoms with Crippen molar-refractivity contribution in [1.29, 1.82) is 0 Å². The number of carbonyl (C=O) groups is 2. The number of ether oxygens (including phenoxy) is 1. The van der Waals surface area contributed by atoms with Crippen LogP contribution in [0.15, 0.2) is 33.4 Å². The van der Waals surface area contributed by atoms with Crippen LogP contribution in [-0.2, 0) is 22.6 Å². The fraction of sp³-hybridized carbons (Fsp3) is 0.478. The van der Waals surface area contributed by atoms with Gasteiger partial charge in [-0.3, -0.25) is 28.3 Å². The van der Waals surface area contributed by atoms with Crippen LogP contribution in [0.5, 0.6) is 0 Å². The number of amides is 2. The van der Waals surface area contributed by atoms with E-state index in [0.717, 1.165) is 38.9 Å². The fourth-order valence-electron chi connectivity index (χ4n) is 4.30. The molecule has 13 heteroatoms.